The average Bonchev–Trinajstić information content (AvgIpc) is 2.46. The minimum Gasteiger partial charge on any atom is -0.384 e. The molecule has 0 aliphatic heterocycles. The zero-order chi connectivity index (χ0) is 16.8. The van der Waals surface area contributed by atoms with Crippen LogP contribution in [0.4, 0.5) is 20.3 Å². The molecule has 2 rings (SSSR count). The number of nitrogens with one attached hydrogen (secondary N) is 1. The number of nitrogens with two attached hydrogens (primary N) is 1. The Balaban J connectivity index is 1.97. The van der Waals surface area contributed by atoms with Crippen molar-refractivity contribution in [2.24, 2.45) is 0 Å². The molecule has 2 aromatic rings. The number of nitrogens with zero attached hydrogens (tertiary/aromatic N) is 2. The minimum absolute atomic E-state index is 0.0522. The normalized spacial score (nSPS) is 10.8. The number of aryl methyl sites for hydroxylation is 1. The van der Waals surface area contributed by atoms with E-state index < -0.39 is 5.76 Å². The van der Waals surface area contributed by atoms with Crippen LogP contribution in [-0.2, 0) is 4.79 Å². The maximum absolute atomic E-state index is 12.5. The highest BCUT2D eigenvalue weighted by atomic mass is 32.2. The summed E-state index contributed by atoms with van der Waals surface area (Å²) in [5.74, 6) is -2.50. The van der Waals surface area contributed by atoms with E-state index in [9.17, 15) is 13.6 Å². The fourth-order valence-corrected chi connectivity index (χ4v) is 3.02. The number of aromatic nitrogens is 2. The van der Waals surface area contributed by atoms with Gasteiger partial charge >= 0.3 is 0 Å². The van der Waals surface area contributed by atoms with Gasteiger partial charge in [0.2, 0.25) is 5.91 Å². The van der Waals surface area contributed by atoms with E-state index in [1.807, 2.05) is 0 Å². The van der Waals surface area contributed by atoms with Crippen molar-refractivity contribution in [1.29, 1.82) is 0 Å². The van der Waals surface area contributed by atoms with Gasteiger partial charge in [-0.3, -0.25) is 4.79 Å². The summed E-state index contributed by atoms with van der Waals surface area (Å²) in [4.78, 5) is 20.5. The lowest BCUT2D eigenvalue weighted by Crippen LogP contribution is -2.15. The minimum atomic E-state index is -2.55. The maximum atomic E-state index is 12.5. The lowest BCUT2D eigenvalue weighted by molar-refractivity contribution is -0.113. The lowest BCUT2D eigenvalue weighted by Gasteiger charge is -2.10. The van der Waals surface area contributed by atoms with Crippen LogP contribution in [0.15, 0.2) is 40.4 Å². The third-order valence-corrected chi connectivity index (χ3v) is 4.20. The van der Waals surface area contributed by atoms with Crippen LogP contribution in [0.1, 0.15) is 5.69 Å². The van der Waals surface area contributed by atoms with Crippen molar-refractivity contribution in [3.63, 3.8) is 0 Å². The quantitative estimate of drug-likeness (QED) is 0.610. The van der Waals surface area contributed by atoms with Gasteiger partial charge in [-0.2, -0.15) is 8.78 Å². The third kappa shape index (κ3) is 5.68. The number of amides is 1. The Kier molecular flexibility index (Phi) is 6.17. The van der Waals surface area contributed by atoms with Gasteiger partial charge in [0, 0.05) is 16.7 Å². The maximum Gasteiger partial charge on any atom is 0.288 e. The van der Waals surface area contributed by atoms with Crippen LogP contribution >= 0.6 is 23.5 Å². The molecule has 3 N–H and O–H groups in total. The molecule has 1 aromatic heterocycles. The van der Waals surface area contributed by atoms with Gasteiger partial charge < -0.3 is 11.1 Å². The molecule has 0 unspecified atom stereocenters. The molecule has 0 fully saturated rings. The summed E-state index contributed by atoms with van der Waals surface area (Å²) in [6.07, 6.45) is 0. The number of alkyl halides is 2. The summed E-state index contributed by atoms with van der Waals surface area (Å²) in [6, 6.07) is 8.04. The fourth-order valence-electron chi connectivity index (χ4n) is 1.71. The molecule has 0 saturated heterocycles. The van der Waals surface area contributed by atoms with Gasteiger partial charge in [-0.05, 0) is 19.1 Å². The first-order valence-electron chi connectivity index (χ1n) is 6.51. The molecule has 9 heteroatoms. The summed E-state index contributed by atoms with van der Waals surface area (Å²) in [5, 5.41) is 3.01. The van der Waals surface area contributed by atoms with Gasteiger partial charge in [0.1, 0.15) is 5.82 Å². The molecular weight excluding hydrogens is 342 g/mol. The third-order valence-electron chi connectivity index (χ3n) is 2.56. The topological polar surface area (TPSA) is 80.9 Å². The van der Waals surface area contributed by atoms with Crippen molar-refractivity contribution in [1.82, 2.24) is 9.97 Å². The number of nitrogen functional groups attached to an aromatic ring is 1. The van der Waals surface area contributed by atoms with E-state index in [0.29, 0.717) is 39.0 Å². The van der Waals surface area contributed by atoms with Crippen LogP contribution in [0.3, 0.4) is 0 Å². The molecule has 1 heterocycles. The molecule has 0 bridgehead atoms. The van der Waals surface area contributed by atoms with E-state index in [2.05, 4.69) is 15.3 Å². The summed E-state index contributed by atoms with van der Waals surface area (Å²) in [5.41, 5.74) is 6.68. The molecular formula is C14H14F2N4OS2. The first-order chi connectivity index (χ1) is 10.9. The Hall–Kier alpha value is -1.87. The Bertz CT molecular complexity index is 680. The molecule has 122 valence electrons. The van der Waals surface area contributed by atoms with Gasteiger partial charge in [0.05, 0.1) is 11.4 Å². The number of anilines is 2. The fraction of sp³-hybridized carbons (Fsp3) is 0.214. The van der Waals surface area contributed by atoms with E-state index >= 15 is 0 Å². The number of benzene rings is 1. The molecule has 1 amide bonds. The number of halogens is 2. The van der Waals surface area contributed by atoms with E-state index in [-0.39, 0.29) is 11.7 Å². The summed E-state index contributed by atoms with van der Waals surface area (Å²) in [7, 11) is 0. The van der Waals surface area contributed by atoms with Crippen LogP contribution in [0, 0.1) is 6.92 Å². The molecule has 0 aliphatic carbocycles. The predicted molar refractivity (Wildman–Crippen MR) is 88.8 cm³/mol. The molecule has 0 radical (unpaired) electrons. The number of hydrogen-bond donors (Lipinski definition) is 2. The van der Waals surface area contributed by atoms with Crippen molar-refractivity contribution in [2.45, 2.75) is 22.7 Å². The number of thioether (sulfide) groups is 2. The van der Waals surface area contributed by atoms with Crippen molar-refractivity contribution >= 4 is 40.9 Å². The highest BCUT2D eigenvalue weighted by molar-refractivity contribution is 8.00. The van der Waals surface area contributed by atoms with Crippen molar-refractivity contribution in [3.8, 4) is 0 Å². The molecule has 0 spiro atoms. The number of rotatable bonds is 6. The van der Waals surface area contributed by atoms with Gasteiger partial charge in [0.15, 0.2) is 5.16 Å². The van der Waals surface area contributed by atoms with Gasteiger partial charge in [-0.25, -0.2) is 9.97 Å². The van der Waals surface area contributed by atoms with Crippen molar-refractivity contribution in [2.75, 3.05) is 16.8 Å². The molecule has 0 aliphatic rings. The smallest absolute Gasteiger partial charge is 0.288 e. The number of carbonyl (C=O) groups excluding carboxylic acids is 1. The van der Waals surface area contributed by atoms with Gasteiger partial charge in [-0.1, -0.05) is 35.7 Å². The Morgan fingerprint density at radius 1 is 1.35 bits per heavy atom. The summed E-state index contributed by atoms with van der Waals surface area (Å²) >= 11 is 1.52. The lowest BCUT2D eigenvalue weighted by atomic mass is 10.3. The summed E-state index contributed by atoms with van der Waals surface area (Å²) < 4.78 is 25.0. The van der Waals surface area contributed by atoms with Crippen LogP contribution < -0.4 is 11.1 Å². The zero-order valence-electron chi connectivity index (χ0n) is 12.1. The number of para-hydroxylation sites is 1. The largest absolute Gasteiger partial charge is 0.384 e. The van der Waals surface area contributed by atoms with E-state index in [0.717, 1.165) is 11.8 Å². The van der Waals surface area contributed by atoms with Gasteiger partial charge in [-0.15, -0.1) is 0 Å². The Morgan fingerprint density at radius 2 is 2.09 bits per heavy atom. The Labute approximate surface area is 140 Å². The van der Waals surface area contributed by atoms with Crippen LogP contribution in [0.2, 0.25) is 0 Å². The molecule has 23 heavy (non-hydrogen) atoms. The number of carbonyl (C=O) groups is 1. The average molecular weight is 356 g/mol. The molecule has 0 saturated carbocycles. The van der Waals surface area contributed by atoms with Crippen molar-refractivity contribution < 1.29 is 13.6 Å². The highest BCUT2D eigenvalue weighted by Crippen LogP contribution is 2.31. The second kappa shape index (κ2) is 8.11. The summed E-state index contributed by atoms with van der Waals surface area (Å²) in [6.45, 7) is 1.78. The van der Waals surface area contributed by atoms with E-state index in [1.165, 1.54) is 6.07 Å². The van der Waals surface area contributed by atoms with Gasteiger partial charge in [0.25, 0.3) is 5.76 Å². The molecule has 0 atom stereocenters. The zero-order valence-corrected chi connectivity index (χ0v) is 13.8. The van der Waals surface area contributed by atoms with Crippen LogP contribution in [0.5, 0.6) is 0 Å². The standard InChI is InChI=1S/C14H14F2N4OS2/c1-8-6-11(17)20-14(18-8)22-7-12(21)19-9-4-2-3-5-10(9)23-13(15)16/h2-6,13H,7H2,1H3,(H,19,21)(H2,17,18,20). The van der Waals surface area contributed by atoms with Crippen molar-refractivity contribution in [3.05, 3.63) is 36.0 Å². The number of hydrogen-bond acceptors (Lipinski definition) is 6. The Morgan fingerprint density at radius 3 is 2.78 bits per heavy atom. The second-order valence-electron chi connectivity index (χ2n) is 4.43. The van der Waals surface area contributed by atoms with Crippen LogP contribution in [-0.4, -0.2) is 27.4 Å². The SMILES string of the molecule is Cc1cc(N)nc(SCC(=O)Nc2ccccc2SC(F)F)n1. The first kappa shape index (κ1) is 17.5. The molecule has 1 aromatic carbocycles. The van der Waals surface area contributed by atoms with Crippen LogP contribution in [0.25, 0.3) is 0 Å². The predicted octanol–water partition coefficient (Wildman–Crippen LogP) is 3.41. The second-order valence-corrected chi connectivity index (χ2v) is 6.40. The monoisotopic (exact) mass is 356 g/mol. The molecule has 5 nitrogen and oxygen atoms in total. The highest BCUT2D eigenvalue weighted by Gasteiger charge is 2.12. The van der Waals surface area contributed by atoms with E-state index in [1.54, 1.807) is 31.2 Å². The first-order valence-corrected chi connectivity index (χ1v) is 8.38. The van der Waals surface area contributed by atoms with E-state index in [4.69, 9.17) is 5.73 Å².